The zero-order chi connectivity index (χ0) is 14.5. The lowest BCUT2D eigenvalue weighted by molar-refractivity contribution is 0.0619. The third kappa shape index (κ3) is 2.16. The molecule has 104 valence electrons. The Kier molecular flexibility index (Phi) is 3.56. The van der Waals surface area contributed by atoms with Crippen LogP contribution >= 0.6 is 31.9 Å². The molecule has 0 amide bonds. The fraction of sp³-hybridized carbons (Fsp3) is 0.294. The van der Waals surface area contributed by atoms with Gasteiger partial charge in [0.25, 0.3) is 0 Å². The highest BCUT2D eigenvalue weighted by atomic mass is 79.9. The quantitative estimate of drug-likeness (QED) is 0.714. The maximum atomic E-state index is 11.4. The topological polar surface area (TPSA) is 20.2 Å². The first-order valence-corrected chi connectivity index (χ1v) is 8.33. The Labute approximate surface area is 136 Å². The number of aliphatic hydroxyl groups is 1. The predicted octanol–water partition coefficient (Wildman–Crippen LogP) is 5.47. The van der Waals surface area contributed by atoms with E-state index in [1.165, 1.54) is 0 Å². The van der Waals surface area contributed by atoms with Crippen LogP contribution in [0.15, 0.2) is 45.3 Å². The third-order valence-electron chi connectivity index (χ3n) is 3.85. The summed E-state index contributed by atoms with van der Waals surface area (Å²) in [4.78, 5) is 0. The predicted molar refractivity (Wildman–Crippen MR) is 89.7 cm³/mol. The van der Waals surface area contributed by atoms with Crippen LogP contribution in [0.1, 0.15) is 31.4 Å². The van der Waals surface area contributed by atoms with Gasteiger partial charge in [-0.15, -0.1) is 0 Å². The van der Waals surface area contributed by atoms with Gasteiger partial charge in [0, 0.05) is 8.95 Å². The van der Waals surface area contributed by atoms with Crippen molar-refractivity contribution in [3.63, 3.8) is 0 Å². The van der Waals surface area contributed by atoms with Gasteiger partial charge in [0.15, 0.2) is 0 Å². The molecular weight excluding hydrogens is 380 g/mol. The van der Waals surface area contributed by atoms with Crippen LogP contribution in [0.25, 0.3) is 11.1 Å². The molecule has 0 saturated heterocycles. The minimum absolute atomic E-state index is 0.414. The molecule has 0 fully saturated rings. The summed E-state index contributed by atoms with van der Waals surface area (Å²) >= 11 is 7.04. The Balaban J connectivity index is 2.29. The fourth-order valence-electron chi connectivity index (χ4n) is 3.14. The highest BCUT2D eigenvalue weighted by Crippen LogP contribution is 2.51. The first-order chi connectivity index (χ1) is 9.41. The van der Waals surface area contributed by atoms with Crippen molar-refractivity contribution in [3.8, 4) is 11.1 Å². The molecule has 1 aliphatic rings. The molecule has 2 aromatic carbocycles. The van der Waals surface area contributed by atoms with E-state index in [1.54, 1.807) is 0 Å². The molecule has 0 heterocycles. The monoisotopic (exact) mass is 394 g/mol. The standard InChI is InChI=1S/C17H16Br2O/c1-10(2)9-17(20)15-7-11(18)3-5-13(15)14-6-4-12(19)8-16(14)17/h3-8,10,20H,9H2,1-2H3. The zero-order valence-corrected chi connectivity index (χ0v) is 14.6. The van der Waals surface area contributed by atoms with Crippen molar-refractivity contribution in [2.75, 3.05) is 0 Å². The van der Waals surface area contributed by atoms with Crippen LogP contribution < -0.4 is 0 Å². The normalized spacial score (nSPS) is 15.3. The van der Waals surface area contributed by atoms with Crippen LogP contribution in [0.2, 0.25) is 0 Å². The number of hydrogen-bond acceptors (Lipinski definition) is 1. The smallest absolute Gasteiger partial charge is 0.116 e. The summed E-state index contributed by atoms with van der Waals surface area (Å²) < 4.78 is 2.01. The van der Waals surface area contributed by atoms with Crippen molar-refractivity contribution in [1.29, 1.82) is 0 Å². The average Bonchev–Trinajstić information content (AvgIpc) is 2.59. The van der Waals surface area contributed by atoms with Crippen LogP contribution in [-0.4, -0.2) is 5.11 Å². The zero-order valence-electron chi connectivity index (χ0n) is 11.5. The first kappa shape index (κ1) is 14.3. The molecule has 0 bridgehead atoms. The number of benzene rings is 2. The SMILES string of the molecule is CC(C)CC1(O)c2cc(Br)ccc2-c2ccc(Br)cc21. The minimum atomic E-state index is -0.896. The van der Waals surface area contributed by atoms with Crippen molar-refractivity contribution >= 4 is 31.9 Å². The summed E-state index contributed by atoms with van der Waals surface area (Å²) in [5.74, 6) is 0.414. The van der Waals surface area contributed by atoms with Gasteiger partial charge >= 0.3 is 0 Å². The molecule has 0 saturated carbocycles. The molecule has 1 nitrogen and oxygen atoms in total. The molecule has 0 aromatic heterocycles. The lowest BCUT2D eigenvalue weighted by Gasteiger charge is -2.28. The van der Waals surface area contributed by atoms with E-state index in [1.807, 2.05) is 24.3 Å². The molecule has 0 spiro atoms. The van der Waals surface area contributed by atoms with Crippen LogP contribution in [0, 0.1) is 5.92 Å². The van der Waals surface area contributed by atoms with Gasteiger partial charge < -0.3 is 5.11 Å². The Hall–Kier alpha value is -0.640. The molecule has 0 radical (unpaired) electrons. The second-order valence-corrected chi connectivity index (χ2v) is 7.67. The molecule has 3 heteroatoms. The van der Waals surface area contributed by atoms with Gasteiger partial charge in [0.1, 0.15) is 5.60 Å². The molecule has 1 aliphatic carbocycles. The largest absolute Gasteiger partial charge is 0.380 e. The number of rotatable bonds is 2. The number of hydrogen-bond donors (Lipinski definition) is 1. The van der Waals surface area contributed by atoms with Gasteiger partial charge in [0.05, 0.1) is 0 Å². The van der Waals surface area contributed by atoms with Gasteiger partial charge in [-0.2, -0.15) is 0 Å². The van der Waals surface area contributed by atoms with E-state index in [0.29, 0.717) is 5.92 Å². The van der Waals surface area contributed by atoms with Gasteiger partial charge in [-0.25, -0.2) is 0 Å². The number of halogens is 2. The highest BCUT2D eigenvalue weighted by Gasteiger charge is 2.42. The van der Waals surface area contributed by atoms with E-state index in [-0.39, 0.29) is 0 Å². The Bertz CT molecular complexity index is 625. The van der Waals surface area contributed by atoms with E-state index >= 15 is 0 Å². The van der Waals surface area contributed by atoms with Gasteiger partial charge in [-0.3, -0.25) is 0 Å². The summed E-state index contributed by atoms with van der Waals surface area (Å²) in [6.07, 6.45) is 0.722. The summed E-state index contributed by atoms with van der Waals surface area (Å²) in [5, 5.41) is 11.4. The molecule has 1 N–H and O–H groups in total. The molecule has 20 heavy (non-hydrogen) atoms. The Morgan fingerprint density at radius 2 is 1.40 bits per heavy atom. The van der Waals surface area contributed by atoms with Crippen molar-refractivity contribution in [2.45, 2.75) is 25.9 Å². The van der Waals surface area contributed by atoms with Crippen LogP contribution in [-0.2, 0) is 5.60 Å². The van der Waals surface area contributed by atoms with Gasteiger partial charge in [-0.1, -0.05) is 57.8 Å². The molecule has 3 rings (SSSR count). The molecule has 0 aliphatic heterocycles. The number of fused-ring (bicyclic) bond motifs is 3. The van der Waals surface area contributed by atoms with Crippen molar-refractivity contribution in [1.82, 2.24) is 0 Å². The van der Waals surface area contributed by atoms with E-state index in [0.717, 1.165) is 37.6 Å². The van der Waals surface area contributed by atoms with Crippen molar-refractivity contribution in [3.05, 3.63) is 56.5 Å². The molecule has 0 atom stereocenters. The summed E-state index contributed by atoms with van der Waals surface area (Å²) in [5.41, 5.74) is 3.40. The second-order valence-electron chi connectivity index (χ2n) is 5.84. The maximum Gasteiger partial charge on any atom is 0.116 e. The van der Waals surface area contributed by atoms with Gasteiger partial charge in [0.2, 0.25) is 0 Å². The lowest BCUT2D eigenvalue weighted by Crippen LogP contribution is -2.26. The first-order valence-electron chi connectivity index (χ1n) is 6.74. The summed E-state index contributed by atoms with van der Waals surface area (Å²) in [6.45, 7) is 4.29. The Morgan fingerprint density at radius 3 is 1.80 bits per heavy atom. The fourth-order valence-corrected chi connectivity index (χ4v) is 3.87. The van der Waals surface area contributed by atoms with Gasteiger partial charge in [-0.05, 0) is 58.9 Å². The average molecular weight is 396 g/mol. The van der Waals surface area contributed by atoms with E-state index in [4.69, 9.17) is 0 Å². The highest BCUT2D eigenvalue weighted by molar-refractivity contribution is 9.10. The summed E-state index contributed by atoms with van der Waals surface area (Å²) in [6, 6.07) is 12.3. The van der Waals surface area contributed by atoms with E-state index in [9.17, 15) is 5.11 Å². The lowest BCUT2D eigenvalue weighted by atomic mass is 9.84. The van der Waals surface area contributed by atoms with Crippen molar-refractivity contribution in [2.24, 2.45) is 5.92 Å². The molecular formula is C17H16Br2O. The second kappa shape index (κ2) is 4.97. The summed E-state index contributed by atoms with van der Waals surface area (Å²) in [7, 11) is 0. The van der Waals surface area contributed by atoms with Crippen LogP contribution in [0.3, 0.4) is 0 Å². The van der Waals surface area contributed by atoms with Crippen LogP contribution in [0.4, 0.5) is 0 Å². The molecule has 2 aromatic rings. The Morgan fingerprint density at radius 1 is 0.950 bits per heavy atom. The van der Waals surface area contributed by atoms with E-state index in [2.05, 4.69) is 57.8 Å². The molecule has 0 unspecified atom stereocenters. The maximum absolute atomic E-state index is 11.4. The minimum Gasteiger partial charge on any atom is -0.380 e. The van der Waals surface area contributed by atoms with Crippen LogP contribution in [0.5, 0.6) is 0 Å². The van der Waals surface area contributed by atoms with Crippen molar-refractivity contribution < 1.29 is 5.11 Å². The third-order valence-corrected chi connectivity index (χ3v) is 4.83. The van der Waals surface area contributed by atoms with E-state index < -0.39 is 5.60 Å².